The number of aromatic nitrogens is 2. The molecule has 1 aromatic heterocycles. The second-order valence-corrected chi connectivity index (χ2v) is 5.24. The molecule has 88 valence electrons. The van der Waals surface area contributed by atoms with E-state index in [0.717, 1.165) is 11.1 Å². The van der Waals surface area contributed by atoms with E-state index in [1.807, 2.05) is 51.4 Å². The summed E-state index contributed by atoms with van der Waals surface area (Å²) in [6.07, 6.45) is 3.74. The van der Waals surface area contributed by atoms with Crippen LogP contribution in [0.1, 0.15) is 11.1 Å². The lowest BCUT2D eigenvalue weighted by Crippen LogP contribution is -2.04. The van der Waals surface area contributed by atoms with Gasteiger partial charge in [0.2, 0.25) is 0 Å². The van der Waals surface area contributed by atoms with E-state index < -0.39 is 0 Å². The molecule has 0 aliphatic rings. The monoisotopic (exact) mass is 360 g/mol. The van der Waals surface area contributed by atoms with Crippen molar-refractivity contribution in [2.75, 3.05) is 0 Å². The first-order valence-corrected chi connectivity index (χ1v) is 6.53. The summed E-state index contributed by atoms with van der Waals surface area (Å²) in [6.45, 7) is 0.638. The zero-order valence-electron chi connectivity index (χ0n) is 8.94. The molecule has 2 aromatic rings. The second kappa shape index (κ2) is 5.64. The third-order valence-corrected chi connectivity index (χ3v) is 3.15. The first-order chi connectivity index (χ1) is 8.16. The van der Waals surface area contributed by atoms with Crippen LogP contribution in [0.4, 0.5) is 0 Å². The van der Waals surface area contributed by atoms with Gasteiger partial charge in [0.25, 0.3) is 0 Å². The van der Waals surface area contributed by atoms with Crippen molar-refractivity contribution >= 4 is 38.0 Å². The third-order valence-electron chi connectivity index (χ3n) is 2.45. The van der Waals surface area contributed by atoms with Crippen molar-refractivity contribution < 1.29 is 4.79 Å². The maximum Gasteiger partial charge on any atom is 0.196 e. The van der Waals surface area contributed by atoms with Crippen molar-refractivity contribution in [3.8, 4) is 0 Å². The molecule has 2 rings (SSSR count). The highest BCUT2D eigenvalue weighted by molar-refractivity contribution is 14.1. The van der Waals surface area contributed by atoms with Gasteiger partial charge >= 0.3 is 0 Å². The standard InChI is InChI=1S/C12H10ClIN2O/c13-11-6-15-8-16(11)7-10-4-2-1-3-9(10)5-12(14)17/h1-4,6,8H,5,7H2. The summed E-state index contributed by atoms with van der Waals surface area (Å²) in [5.74, 6) is 0. The van der Waals surface area contributed by atoms with E-state index >= 15 is 0 Å². The number of imidazole rings is 1. The summed E-state index contributed by atoms with van der Waals surface area (Å²) in [5, 5.41) is 0.598. The van der Waals surface area contributed by atoms with E-state index in [9.17, 15) is 4.79 Å². The SMILES string of the molecule is O=C(I)Cc1ccccc1Cn1cncc1Cl. The Bertz CT molecular complexity index is 539. The van der Waals surface area contributed by atoms with E-state index in [1.165, 1.54) is 0 Å². The molecule has 0 saturated heterocycles. The summed E-state index contributed by atoms with van der Waals surface area (Å²) in [6, 6.07) is 7.87. The quantitative estimate of drug-likeness (QED) is 0.620. The van der Waals surface area contributed by atoms with Crippen LogP contribution >= 0.6 is 34.2 Å². The molecule has 0 atom stereocenters. The first kappa shape index (κ1) is 12.6. The van der Waals surface area contributed by atoms with Gasteiger partial charge in [0.05, 0.1) is 19.1 Å². The number of carbonyl (C=O) groups is 1. The molecule has 0 bridgehead atoms. The predicted octanol–water partition coefficient (Wildman–Crippen LogP) is 3.09. The van der Waals surface area contributed by atoms with E-state index in [4.69, 9.17) is 11.6 Å². The van der Waals surface area contributed by atoms with Crippen LogP contribution in [-0.2, 0) is 17.8 Å². The molecule has 0 radical (unpaired) electrons. The van der Waals surface area contributed by atoms with Crippen LogP contribution in [0, 0.1) is 0 Å². The van der Waals surface area contributed by atoms with Crippen molar-refractivity contribution in [3.05, 3.63) is 53.1 Å². The maximum atomic E-state index is 11.2. The zero-order valence-corrected chi connectivity index (χ0v) is 11.9. The lowest BCUT2D eigenvalue weighted by molar-refractivity contribution is -0.108. The smallest absolute Gasteiger partial charge is 0.196 e. The minimum absolute atomic E-state index is 0.131. The number of hydrogen-bond acceptors (Lipinski definition) is 2. The van der Waals surface area contributed by atoms with Gasteiger partial charge in [0.1, 0.15) is 5.15 Å². The molecule has 0 aliphatic carbocycles. The third kappa shape index (κ3) is 3.29. The molecule has 0 fully saturated rings. The first-order valence-electron chi connectivity index (χ1n) is 5.07. The summed E-state index contributed by atoms with van der Waals surface area (Å²) in [5.41, 5.74) is 2.13. The second-order valence-electron chi connectivity index (χ2n) is 3.64. The van der Waals surface area contributed by atoms with Crippen LogP contribution in [0.25, 0.3) is 0 Å². The van der Waals surface area contributed by atoms with Crippen molar-refractivity contribution in [1.29, 1.82) is 0 Å². The molecule has 1 aromatic carbocycles. The van der Waals surface area contributed by atoms with Gasteiger partial charge in [0.15, 0.2) is 3.79 Å². The summed E-state index contributed by atoms with van der Waals surface area (Å²) in [4.78, 5) is 15.1. The number of benzene rings is 1. The Morgan fingerprint density at radius 3 is 2.65 bits per heavy atom. The molecule has 17 heavy (non-hydrogen) atoms. The molecule has 5 heteroatoms. The summed E-state index contributed by atoms with van der Waals surface area (Å²) in [7, 11) is 0. The highest BCUT2D eigenvalue weighted by Crippen LogP contribution is 2.16. The van der Waals surface area contributed by atoms with E-state index in [1.54, 1.807) is 12.5 Å². The van der Waals surface area contributed by atoms with Gasteiger partial charge in [-0.15, -0.1) is 0 Å². The van der Waals surface area contributed by atoms with Crippen LogP contribution in [0.3, 0.4) is 0 Å². The minimum Gasteiger partial charge on any atom is -0.317 e. The Hall–Kier alpha value is -0.880. The van der Waals surface area contributed by atoms with Crippen molar-refractivity contribution in [3.63, 3.8) is 0 Å². The Morgan fingerprint density at radius 2 is 2.06 bits per heavy atom. The normalized spacial score (nSPS) is 10.5. The van der Waals surface area contributed by atoms with E-state index in [0.29, 0.717) is 18.1 Å². The number of carbonyl (C=O) groups excluding carboxylic acids is 1. The molecule has 0 N–H and O–H groups in total. The fourth-order valence-corrected chi connectivity index (χ4v) is 2.21. The Labute approximate surface area is 118 Å². The van der Waals surface area contributed by atoms with Crippen LogP contribution < -0.4 is 0 Å². The van der Waals surface area contributed by atoms with Gasteiger partial charge in [-0.1, -0.05) is 35.9 Å². The van der Waals surface area contributed by atoms with Crippen molar-refractivity contribution in [2.24, 2.45) is 0 Å². The number of rotatable bonds is 4. The summed E-state index contributed by atoms with van der Waals surface area (Å²) < 4.78 is 1.98. The van der Waals surface area contributed by atoms with Gasteiger partial charge in [-0.3, -0.25) is 4.79 Å². The topological polar surface area (TPSA) is 34.9 Å². The molecule has 0 spiro atoms. The fraction of sp³-hybridized carbons (Fsp3) is 0.167. The largest absolute Gasteiger partial charge is 0.317 e. The Morgan fingerprint density at radius 1 is 1.35 bits per heavy atom. The fourth-order valence-electron chi connectivity index (χ4n) is 1.64. The Balaban J connectivity index is 2.26. The molecular weight excluding hydrogens is 351 g/mol. The van der Waals surface area contributed by atoms with E-state index in [2.05, 4.69) is 4.98 Å². The highest BCUT2D eigenvalue weighted by Gasteiger charge is 2.07. The van der Waals surface area contributed by atoms with Gasteiger partial charge in [0, 0.05) is 6.42 Å². The minimum atomic E-state index is 0.131. The average Bonchev–Trinajstić information content (AvgIpc) is 2.67. The molecular formula is C12H10ClIN2O. The van der Waals surface area contributed by atoms with Gasteiger partial charge < -0.3 is 4.57 Å². The molecule has 1 heterocycles. The number of nitrogens with zero attached hydrogens (tertiary/aromatic N) is 2. The lowest BCUT2D eigenvalue weighted by Gasteiger charge is -2.09. The van der Waals surface area contributed by atoms with Gasteiger partial charge in [-0.05, 0) is 33.7 Å². The number of halogens is 2. The average molecular weight is 361 g/mol. The maximum absolute atomic E-state index is 11.2. The molecule has 3 nitrogen and oxygen atoms in total. The predicted molar refractivity (Wildman–Crippen MR) is 75.5 cm³/mol. The van der Waals surface area contributed by atoms with Crippen LogP contribution in [0.15, 0.2) is 36.8 Å². The van der Waals surface area contributed by atoms with E-state index in [-0.39, 0.29) is 3.79 Å². The van der Waals surface area contributed by atoms with Crippen molar-refractivity contribution in [2.45, 2.75) is 13.0 Å². The molecule has 0 unspecified atom stereocenters. The van der Waals surface area contributed by atoms with Gasteiger partial charge in [-0.25, -0.2) is 4.98 Å². The Kier molecular flexibility index (Phi) is 4.17. The van der Waals surface area contributed by atoms with Crippen LogP contribution in [0.2, 0.25) is 5.15 Å². The van der Waals surface area contributed by atoms with Crippen LogP contribution in [-0.4, -0.2) is 13.3 Å². The van der Waals surface area contributed by atoms with Crippen molar-refractivity contribution in [1.82, 2.24) is 9.55 Å². The molecule has 0 aliphatic heterocycles. The van der Waals surface area contributed by atoms with Crippen LogP contribution in [0.5, 0.6) is 0 Å². The number of hydrogen-bond donors (Lipinski definition) is 0. The summed E-state index contributed by atoms with van der Waals surface area (Å²) >= 11 is 7.79. The highest BCUT2D eigenvalue weighted by atomic mass is 127. The van der Waals surface area contributed by atoms with Gasteiger partial charge in [-0.2, -0.15) is 0 Å². The lowest BCUT2D eigenvalue weighted by atomic mass is 10.1. The molecule has 0 amide bonds. The zero-order chi connectivity index (χ0) is 12.3. The molecule has 0 saturated carbocycles.